The molecule has 1 unspecified atom stereocenters. The molecule has 0 bridgehead atoms. The largest absolute Gasteiger partial charge is 0.451 e. The molecule has 1 aliphatic heterocycles. The Balaban J connectivity index is 1.41. The van der Waals surface area contributed by atoms with Gasteiger partial charge in [0.15, 0.2) is 5.76 Å². The zero-order chi connectivity index (χ0) is 16.1. The third kappa shape index (κ3) is 3.92. The molecule has 2 aromatic rings. The van der Waals surface area contributed by atoms with E-state index in [-0.39, 0.29) is 12.0 Å². The first-order valence-electron chi connectivity index (χ1n) is 8.21. The summed E-state index contributed by atoms with van der Waals surface area (Å²) in [6, 6.07) is 7.68. The maximum atomic E-state index is 12.2. The minimum atomic E-state index is -0.169. The van der Waals surface area contributed by atoms with Gasteiger partial charge in [-0.25, -0.2) is 0 Å². The van der Waals surface area contributed by atoms with E-state index in [2.05, 4.69) is 5.32 Å². The van der Waals surface area contributed by atoms with Crippen LogP contribution in [-0.2, 0) is 9.47 Å². The number of hydrogen-bond acceptors (Lipinski definition) is 4. The molecule has 5 nitrogen and oxygen atoms in total. The zero-order valence-corrected chi connectivity index (χ0v) is 13.5. The lowest BCUT2D eigenvalue weighted by Gasteiger charge is -2.10. The molecular weight excluding hydrogens is 294 g/mol. The SMILES string of the molecule is Cc1c(C(=O)NCCCOCC2CCCO2)oc2ccccc12. The second kappa shape index (κ2) is 7.62. The lowest BCUT2D eigenvalue weighted by atomic mass is 10.1. The number of furan rings is 1. The van der Waals surface area contributed by atoms with Crippen molar-refractivity contribution in [2.24, 2.45) is 0 Å². The average molecular weight is 317 g/mol. The van der Waals surface area contributed by atoms with E-state index < -0.39 is 0 Å². The fraction of sp³-hybridized carbons (Fsp3) is 0.500. The number of carbonyl (C=O) groups excluding carboxylic acids is 1. The number of hydrogen-bond donors (Lipinski definition) is 1. The Bertz CT molecular complexity index is 658. The van der Waals surface area contributed by atoms with Crippen LogP contribution in [0, 0.1) is 6.92 Å². The van der Waals surface area contributed by atoms with Crippen LogP contribution in [0.3, 0.4) is 0 Å². The van der Waals surface area contributed by atoms with Crippen LogP contribution >= 0.6 is 0 Å². The van der Waals surface area contributed by atoms with Crippen LogP contribution in [0.25, 0.3) is 11.0 Å². The van der Waals surface area contributed by atoms with Gasteiger partial charge in [0.2, 0.25) is 0 Å². The van der Waals surface area contributed by atoms with Gasteiger partial charge in [0.25, 0.3) is 5.91 Å². The van der Waals surface area contributed by atoms with E-state index in [1.807, 2.05) is 31.2 Å². The molecule has 0 aliphatic carbocycles. The molecule has 2 heterocycles. The van der Waals surface area contributed by atoms with Crippen LogP contribution in [-0.4, -0.2) is 38.4 Å². The maximum Gasteiger partial charge on any atom is 0.287 e. The first-order valence-corrected chi connectivity index (χ1v) is 8.21. The maximum absolute atomic E-state index is 12.2. The Kier molecular flexibility index (Phi) is 5.31. The van der Waals surface area contributed by atoms with Gasteiger partial charge in [-0.1, -0.05) is 18.2 Å². The van der Waals surface area contributed by atoms with Crippen molar-refractivity contribution in [3.8, 4) is 0 Å². The third-order valence-electron chi connectivity index (χ3n) is 4.13. The molecule has 1 saturated heterocycles. The number of fused-ring (bicyclic) bond motifs is 1. The van der Waals surface area contributed by atoms with Crippen LogP contribution in [0.4, 0.5) is 0 Å². The molecule has 23 heavy (non-hydrogen) atoms. The molecule has 1 atom stereocenters. The minimum absolute atomic E-state index is 0.169. The molecule has 1 aromatic heterocycles. The van der Waals surface area contributed by atoms with Crippen LogP contribution in [0.2, 0.25) is 0 Å². The van der Waals surface area contributed by atoms with Gasteiger partial charge in [-0.3, -0.25) is 4.79 Å². The number of para-hydroxylation sites is 1. The average Bonchev–Trinajstić information content (AvgIpc) is 3.19. The van der Waals surface area contributed by atoms with Gasteiger partial charge in [-0.15, -0.1) is 0 Å². The fourth-order valence-corrected chi connectivity index (χ4v) is 2.84. The molecule has 124 valence electrons. The van der Waals surface area contributed by atoms with E-state index >= 15 is 0 Å². The fourth-order valence-electron chi connectivity index (χ4n) is 2.84. The van der Waals surface area contributed by atoms with Gasteiger partial charge in [0.1, 0.15) is 5.58 Å². The van der Waals surface area contributed by atoms with Gasteiger partial charge in [-0.2, -0.15) is 0 Å². The summed E-state index contributed by atoms with van der Waals surface area (Å²) in [7, 11) is 0. The van der Waals surface area contributed by atoms with Crippen molar-refractivity contribution >= 4 is 16.9 Å². The first kappa shape index (κ1) is 16.0. The Labute approximate surface area is 135 Å². The van der Waals surface area contributed by atoms with Crippen LogP contribution < -0.4 is 5.32 Å². The van der Waals surface area contributed by atoms with Crippen molar-refractivity contribution in [2.75, 3.05) is 26.4 Å². The Morgan fingerprint density at radius 1 is 1.39 bits per heavy atom. The first-order chi connectivity index (χ1) is 11.3. The van der Waals surface area contributed by atoms with Crippen LogP contribution in [0.5, 0.6) is 0 Å². The highest BCUT2D eigenvalue weighted by Crippen LogP contribution is 2.24. The number of carbonyl (C=O) groups is 1. The van der Waals surface area contributed by atoms with Crippen molar-refractivity contribution < 1.29 is 18.7 Å². The van der Waals surface area contributed by atoms with Crippen LogP contribution in [0.1, 0.15) is 35.4 Å². The number of benzene rings is 1. The summed E-state index contributed by atoms with van der Waals surface area (Å²) in [4.78, 5) is 12.2. The molecule has 5 heteroatoms. The monoisotopic (exact) mass is 317 g/mol. The lowest BCUT2D eigenvalue weighted by Crippen LogP contribution is -2.25. The minimum Gasteiger partial charge on any atom is -0.451 e. The van der Waals surface area contributed by atoms with Crippen molar-refractivity contribution in [2.45, 2.75) is 32.3 Å². The molecule has 3 rings (SSSR count). The van der Waals surface area contributed by atoms with Crippen LogP contribution in [0.15, 0.2) is 28.7 Å². The van der Waals surface area contributed by atoms with E-state index in [1.54, 1.807) is 0 Å². The van der Waals surface area contributed by atoms with E-state index in [4.69, 9.17) is 13.9 Å². The smallest absolute Gasteiger partial charge is 0.287 e. The van der Waals surface area contributed by atoms with Crippen molar-refractivity contribution in [1.29, 1.82) is 0 Å². The number of rotatable bonds is 7. The Morgan fingerprint density at radius 3 is 3.04 bits per heavy atom. The summed E-state index contributed by atoms with van der Waals surface area (Å²) in [5.41, 5.74) is 1.63. The number of aryl methyl sites for hydroxylation is 1. The molecule has 1 amide bonds. The Morgan fingerprint density at radius 2 is 2.26 bits per heavy atom. The highest BCUT2D eigenvalue weighted by Gasteiger charge is 2.17. The van der Waals surface area contributed by atoms with E-state index in [9.17, 15) is 4.79 Å². The zero-order valence-electron chi connectivity index (χ0n) is 13.5. The second-order valence-electron chi connectivity index (χ2n) is 5.87. The Hall–Kier alpha value is -1.85. The summed E-state index contributed by atoms with van der Waals surface area (Å²) in [6.45, 7) is 4.60. The van der Waals surface area contributed by atoms with Gasteiger partial charge >= 0.3 is 0 Å². The molecule has 0 saturated carbocycles. The molecule has 1 fully saturated rings. The molecule has 1 N–H and O–H groups in total. The van der Waals surface area contributed by atoms with Crippen molar-refractivity contribution in [3.05, 3.63) is 35.6 Å². The predicted octanol–water partition coefficient (Wildman–Crippen LogP) is 3.06. The topological polar surface area (TPSA) is 60.7 Å². The molecule has 0 spiro atoms. The van der Waals surface area contributed by atoms with Gasteiger partial charge in [-0.05, 0) is 32.3 Å². The number of amides is 1. The number of ether oxygens (including phenoxy) is 2. The van der Waals surface area contributed by atoms with Gasteiger partial charge in [0.05, 0.1) is 12.7 Å². The van der Waals surface area contributed by atoms with E-state index in [0.717, 1.165) is 42.4 Å². The number of nitrogens with one attached hydrogen (secondary N) is 1. The molecular formula is C18H23NO4. The summed E-state index contributed by atoms with van der Waals surface area (Å²) >= 11 is 0. The summed E-state index contributed by atoms with van der Waals surface area (Å²) in [6.07, 6.45) is 3.24. The predicted molar refractivity (Wildman–Crippen MR) is 87.7 cm³/mol. The molecule has 1 aliphatic rings. The standard InChI is InChI=1S/C18H23NO4/c1-13-15-7-2-3-8-16(15)23-17(13)18(20)19-9-5-10-21-12-14-6-4-11-22-14/h2-3,7-8,14H,4-6,9-12H2,1H3,(H,19,20). The van der Waals surface area contributed by atoms with E-state index in [0.29, 0.717) is 25.5 Å². The normalized spacial score (nSPS) is 17.7. The summed E-state index contributed by atoms with van der Waals surface area (Å²) < 4.78 is 16.7. The highest BCUT2D eigenvalue weighted by molar-refractivity contribution is 5.98. The summed E-state index contributed by atoms with van der Waals surface area (Å²) in [5.74, 6) is 0.226. The third-order valence-corrected chi connectivity index (χ3v) is 4.13. The summed E-state index contributed by atoms with van der Waals surface area (Å²) in [5, 5.41) is 3.87. The van der Waals surface area contributed by atoms with Gasteiger partial charge in [0, 0.05) is 30.7 Å². The molecule has 0 radical (unpaired) electrons. The van der Waals surface area contributed by atoms with Crippen molar-refractivity contribution in [1.82, 2.24) is 5.32 Å². The van der Waals surface area contributed by atoms with Gasteiger partial charge < -0.3 is 19.2 Å². The second-order valence-corrected chi connectivity index (χ2v) is 5.87. The van der Waals surface area contributed by atoms with E-state index in [1.165, 1.54) is 0 Å². The quantitative estimate of drug-likeness (QED) is 0.797. The van der Waals surface area contributed by atoms with Crippen molar-refractivity contribution in [3.63, 3.8) is 0 Å². The highest BCUT2D eigenvalue weighted by atomic mass is 16.5. The molecule has 1 aromatic carbocycles. The lowest BCUT2D eigenvalue weighted by molar-refractivity contribution is 0.0166.